The van der Waals surface area contributed by atoms with Gasteiger partial charge in [0, 0.05) is 22.7 Å². The third-order valence-electron chi connectivity index (χ3n) is 4.91. The van der Waals surface area contributed by atoms with Gasteiger partial charge in [-0.3, -0.25) is 24.6 Å². The SMILES string of the molecule is O=C(Oc1cccc(/C=C2\SC(=O)N(Cc3c(F)cccc3Cl)C2=O)c1)c1cccc([N+](=O)[O-])c1. The van der Waals surface area contributed by atoms with Crippen molar-refractivity contribution in [2.75, 3.05) is 0 Å². The number of thioether (sulfide) groups is 1. The third kappa shape index (κ3) is 5.39. The number of benzene rings is 3. The van der Waals surface area contributed by atoms with Crippen molar-refractivity contribution in [3.05, 3.63) is 109 Å². The van der Waals surface area contributed by atoms with Gasteiger partial charge in [-0.2, -0.15) is 0 Å². The smallest absolute Gasteiger partial charge is 0.343 e. The molecule has 0 aromatic heterocycles. The highest BCUT2D eigenvalue weighted by molar-refractivity contribution is 8.18. The van der Waals surface area contributed by atoms with Crippen molar-refractivity contribution in [2.45, 2.75) is 6.54 Å². The maximum Gasteiger partial charge on any atom is 0.343 e. The van der Waals surface area contributed by atoms with Crippen molar-refractivity contribution in [3.63, 3.8) is 0 Å². The summed E-state index contributed by atoms with van der Waals surface area (Å²) in [5.74, 6) is -1.90. The fourth-order valence-corrected chi connectivity index (χ4v) is 4.27. The Morgan fingerprint density at radius 1 is 1.11 bits per heavy atom. The molecule has 176 valence electrons. The van der Waals surface area contributed by atoms with E-state index in [4.69, 9.17) is 16.3 Å². The molecule has 3 aromatic carbocycles. The largest absolute Gasteiger partial charge is 0.423 e. The summed E-state index contributed by atoms with van der Waals surface area (Å²) >= 11 is 6.70. The van der Waals surface area contributed by atoms with Gasteiger partial charge in [-0.1, -0.05) is 35.9 Å². The molecule has 4 rings (SSSR count). The summed E-state index contributed by atoms with van der Waals surface area (Å²) in [5.41, 5.74) is 0.245. The van der Waals surface area contributed by atoms with Crippen LogP contribution in [0.3, 0.4) is 0 Å². The lowest BCUT2D eigenvalue weighted by molar-refractivity contribution is -0.384. The fraction of sp³-hybridized carbons (Fsp3) is 0.0417. The topological polar surface area (TPSA) is 107 Å². The zero-order valence-electron chi connectivity index (χ0n) is 17.6. The highest BCUT2D eigenvalue weighted by atomic mass is 35.5. The van der Waals surface area contributed by atoms with Gasteiger partial charge in [0.2, 0.25) is 0 Å². The first-order valence-corrected chi connectivity index (χ1v) is 11.2. The average molecular weight is 513 g/mol. The number of carbonyl (C=O) groups is 3. The third-order valence-corrected chi connectivity index (χ3v) is 6.17. The van der Waals surface area contributed by atoms with Gasteiger partial charge < -0.3 is 4.74 Å². The van der Waals surface area contributed by atoms with E-state index in [1.165, 1.54) is 54.6 Å². The molecule has 0 unspecified atom stereocenters. The molecule has 0 bridgehead atoms. The van der Waals surface area contributed by atoms with E-state index in [-0.39, 0.29) is 39.0 Å². The van der Waals surface area contributed by atoms with Gasteiger partial charge >= 0.3 is 5.97 Å². The number of esters is 1. The number of imide groups is 1. The number of nitro benzene ring substituents is 1. The molecule has 1 aliphatic rings. The first-order chi connectivity index (χ1) is 16.7. The monoisotopic (exact) mass is 512 g/mol. The number of carbonyl (C=O) groups excluding carboxylic acids is 3. The van der Waals surface area contributed by atoms with E-state index >= 15 is 0 Å². The summed E-state index contributed by atoms with van der Waals surface area (Å²) in [4.78, 5) is 48.9. The zero-order valence-corrected chi connectivity index (χ0v) is 19.2. The summed E-state index contributed by atoms with van der Waals surface area (Å²) in [6, 6.07) is 15.4. The highest BCUT2D eigenvalue weighted by Gasteiger charge is 2.36. The van der Waals surface area contributed by atoms with E-state index in [2.05, 4.69) is 0 Å². The molecule has 2 amide bonds. The minimum absolute atomic E-state index is 0.00229. The van der Waals surface area contributed by atoms with Gasteiger partial charge in [0.05, 0.1) is 21.9 Å². The summed E-state index contributed by atoms with van der Waals surface area (Å²) in [6.45, 7) is -0.311. The fourth-order valence-electron chi connectivity index (χ4n) is 3.21. The Bertz CT molecular complexity index is 1390. The predicted molar refractivity (Wildman–Crippen MR) is 127 cm³/mol. The van der Waals surface area contributed by atoms with Crippen LogP contribution in [0.25, 0.3) is 6.08 Å². The Morgan fingerprint density at radius 2 is 1.86 bits per heavy atom. The van der Waals surface area contributed by atoms with Gasteiger partial charge in [-0.15, -0.1) is 0 Å². The van der Waals surface area contributed by atoms with Crippen molar-refractivity contribution in [1.82, 2.24) is 4.90 Å². The van der Waals surface area contributed by atoms with Crippen LogP contribution in [0.1, 0.15) is 21.5 Å². The lowest BCUT2D eigenvalue weighted by Gasteiger charge is -2.14. The first kappa shape index (κ1) is 24.1. The van der Waals surface area contributed by atoms with Crippen LogP contribution < -0.4 is 4.74 Å². The molecule has 1 aliphatic heterocycles. The number of non-ortho nitro benzene ring substituents is 1. The molecular formula is C24H14ClFN2O6S. The number of hydrogen-bond donors (Lipinski definition) is 0. The molecule has 1 heterocycles. The molecule has 0 atom stereocenters. The van der Waals surface area contributed by atoms with Crippen LogP contribution in [-0.2, 0) is 11.3 Å². The number of rotatable bonds is 6. The summed E-state index contributed by atoms with van der Waals surface area (Å²) in [5, 5.41) is 10.4. The van der Waals surface area contributed by atoms with Crippen LogP contribution in [0.4, 0.5) is 14.9 Å². The summed E-state index contributed by atoms with van der Waals surface area (Å²) in [7, 11) is 0. The predicted octanol–water partition coefficient (Wildman–Crippen LogP) is 5.84. The average Bonchev–Trinajstić information content (AvgIpc) is 3.08. The summed E-state index contributed by atoms with van der Waals surface area (Å²) < 4.78 is 19.4. The molecular weight excluding hydrogens is 499 g/mol. The minimum Gasteiger partial charge on any atom is -0.423 e. The van der Waals surface area contributed by atoms with Crippen molar-refractivity contribution in [3.8, 4) is 5.75 Å². The number of hydrogen-bond acceptors (Lipinski definition) is 7. The standard InChI is InChI=1S/C24H14ClFN2O6S/c25-19-8-3-9-20(26)18(19)13-27-22(29)21(35-24(27)31)11-14-4-1-7-17(10-14)34-23(30)15-5-2-6-16(12-15)28(32)33/h1-12H,13H2/b21-11-. The Hall–Kier alpha value is -4.02. The second-order valence-corrected chi connectivity index (χ2v) is 8.64. The second-order valence-electron chi connectivity index (χ2n) is 7.24. The van der Waals surface area contributed by atoms with Gasteiger partial charge in [0.1, 0.15) is 11.6 Å². The van der Waals surface area contributed by atoms with Gasteiger partial charge in [-0.25, -0.2) is 9.18 Å². The van der Waals surface area contributed by atoms with E-state index < -0.39 is 27.9 Å². The van der Waals surface area contributed by atoms with E-state index in [1.807, 2.05) is 0 Å². The van der Waals surface area contributed by atoms with Crippen LogP contribution >= 0.6 is 23.4 Å². The van der Waals surface area contributed by atoms with Crippen LogP contribution in [-0.4, -0.2) is 26.9 Å². The zero-order chi connectivity index (χ0) is 25.1. The maximum atomic E-state index is 14.1. The molecule has 0 saturated carbocycles. The van der Waals surface area contributed by atoms with Crippen molar-refractivity contribution in [1.29, 1.82) is 0 Å². The minimum atomic E-state index is -0.798. The molecule has 0 N–H and O–H groups in total. The molecule has 35 heavy (non-hydrogen) atoms. The molecule has 0 aliphatic carbocycles. The van der Waals surface area contributed by atoms with E-state index in [1.54, 1.807) is 12.1 Å². The van der Waals surface area contributed by atoms with Crippen molar-refractivity contribution in [2.24, 2.45) is 0 Å². The van der Waals surface area contributed by atoms with E-state index in [0.29, 0.717) is 17.3 Å². The molecule has 3 aromatic rings. The van der Waals surface area contributed by atoms with Crippen molar-refractivity contribution >= 4 is 52.2 Å². The number of nitrogens with zero attached hydrogens (tertiary/aromatic N) is 2. The quantitative estimate of drug-likeness (QED) is 0.134. The van der Waals surface area contributed by atoms with Crippen LogP contribution in [0.2, 0.25) is 5.02 Å². The second kappa shape index (κ2) is 10.1. The first-order valence-electron chi connectivity index (χ1n) is 9.98. The molecule has 1 saturated heterocycles. The number of nitro groups is 1. The number of ether oxygens (including phenoxy) is 1. The van der Waals surface area contributed by atoms with Crippen molar-refractivity contribution < 1.29 is 28.4 Å². The number of amides is 2. The number of halogens is 2. The van der Waals surface area contributed by atoms with Crippen LogP contribution in [0.5, 0.6) is 5.75 Å². The highest BCUT2D eigenvalue weighted by Crippen LogP contribution is 2.35. The Labute approximate surface area is 207 Å². The van der Waals surface area contributed by atoms with Crippen LogP contribution in [0.15, 0.2) is 71.6 Å². The normalized spacial score (nSPS) is 14.5. The Balaban J connectivity index is 1.51. The van der Waals surface area contributed by atoms with Gasteiger partial charge in [0.15, 0.2) is 0 Å². The summed E-state index contributed by atoms with van der Waals surface area (Å²) in [6.07, 6.45) is 1.44. The lowest BCUT2D eigenvalue weighted by Crippen LogP contribution is -2.28. The molecule has 0 spiro atoms. The molecule has 11 heteroatoms. The van der Waals surface area contributed by atoms with E-state index in [9.17, 15) is 28.9 Å². The molecule has 1 fully saturated rings. The van der Waals surface area contributed by atoms with Gasteiger partial charge in [0.25, 0.3) is 16.8 Å². The lowest BCUT2D eigenvalue weighted by atomic mass is 10.1. The molecule has 0 radical (unpaired) electrons. The van der Waals surface area contributed by atoms with Crippen LogP contribution in [0, 0.1) is 15.9 Å². The Kier molecular flexibility index (Phi) is 6.94. The Morgan fingerprint density at radius 3 is 2.60 bits per heavy atom. The van der Waals surface area contributed by atoms with E-state index in [0.717, 1.165) is 11.0 Å². The maximum absolute atomic E-state index is 14.1. The van der Waals surface area contributed by atoms with Gasteiger partial charge in [-0.05, 0) is 53.7 Å². The molecule has 8 nitrogen and oxygen atoms in total.